The number of methoxy groups -OCH3 is 1. The molecule has 2 heterocycles. The predicted octanol–water partition coefficient (Wildman–Crippen LogP) is 4.90. The number of pyridine rings is 1. The molecule has 1 saturated heterocycles. The minimum Gasteiger partial charge on any atom is -0.491 e. The third-order valence-corrected chi connectivity index (χ3v) is 10.1. The molecule has 1 N–H and O–H groups in total. The van der Waals surface area contributed by atoms with Gasteiger partial charge < -0.3 is 38.6 Å². The highest BCUT2D eigenvalue weighted by molar-refractivity contribution is 6.09. The number of ether oxygens (including phenoxy) is 6. The zero-order valence-corrected chi connectivity index (χ0v) is 34.3. The number of rotatable bonds is 20. The van der Waals surface area contributed by atoms with Crippen LogP contribution in [0.4, 0.5) is 4.79 Å². The van der Waals surface area contributed by atoms with Crippen LogP contribution in [0.15, 0.2) is 42.7 Å². The minimum absolute atomic E-state index is 0.0338. The number of nitrogens with zero attached hydrogens (tertiary/aromatic N) is 3. The van der Waals surface area contributed by atoms with Gasteiger partial charge in [0.25, 0.3) is 0 Å². The first kappa shape index (κ1) is 45.1. The van der Waals surface area contributed by atoms with Crippen molar-refractivity contribution in [3.8, 4) is 5.75 Å². The van der Waals surface area contributed by atoms with E-state index >= 15 is 0 Å². The molecule has 0 unspecified atom stereocenters. The maximum Gasteiger partial charge on any atom is 0.410 e. The van der Waals surface area contributed by atoms with Crippen LogP contribution in [0.5, 0.6) is 5.75 Å². The maximum atomic E-state index is 14.5. The van der Waals surface area contributed by atoms with Crippen molar-refractivity contribution in [3.63, 3.8) is 0 Å². The molecule has 0 radical (unpaired) electrons. The Morgan fingerprint density at radius 3 is 2.25 bits per heavy atom. The summed E-state index contributed by atoms with van der Waals surface area (Å²) < 4.78 is 31.9. The Labute approximate surface area is 336 Å². The van der Waals surface area contributed by atoms with Gasteiger partial charge in [-0.05, 0) is 83.1 Å². The summed E-state index contributed by atoms with van der Waals surface area (Å²) in [7, 11) is 2.82. The van der Waals surface area contributed by atoms with Crippen molar-refractivity contribution in [2.24, 2.45) is 5.92 Å². The van der Waals surface area contributed by atoms with E-state index in [9.17, 15) is 24.0 Å². The first-order chi connectivity index (χ1) is 27.3. The van der Waals surface area contributed by atoms with E-state index < -0.39 is 35.7 Å². The molecule has 1 aromatic heterocycles. The highest BCUT2D eigenvalue weighted by Crippen LogP contribution is 2.35. The number of hydrogen-bond donors (Lipinski definition) is 1. The first-order valence-corrected chi connectivity index (χ1v) is 19.9. The Hall–Kier alpha value is -4.60. The second-order valence-corrected chi connectivity index (χ2v) is 15.4. The molecule has 1 saturated carbocycles. The lowest BCUT2D eigenvalue weighted by Gasteiger charge is -2.36. The molecule has 1 aromatic carbocycles. The molecular weight excluding hydrogens is 736 g/mol. The molecule has 3 atom stereocenters. The maximum absolute atomic E-state index is 14.5. The van der Waals surface area contributed by atoms with Crippen LogP contribution >= 0.6 is 0 Å². The number of ketones is 1. The van der Waals surface area contributed by atoms with Crippen LogP contribution in [0.25, 0.3) is 0 Å². The lowest BCUT2D eigenvalue weighted by atomic mass is 9.83. The van der Waals surface area contributed by atoms with Gasteiger partial charge in [-0.2, -0.15) is 0 Å². The van der Waals surface area contributed by atoms with Gasteiger partial charge in [0, 0.05) is 37.1 Å². The third-order valence-electron chi connectivity index (χ3n) is 10.1. The SMILES string of the molecule is COC(=O)COCCOCCOCCOc1cccc(C(=O)c2cncc([C@@H]3CCCN3C(=O)[C@@H](NC(=O)[C@H](C)N(C)C(=O)OC(C)(C)C)C3CCCCC3)c2)c1. The number of likely N-dealkylation sites (N-methyl/N-ethyl adjacent to an activating group) is 1. The van der Waals surface area contributed by atoms with Crippen molar-refractivity contribution < 1.29 is 52.4 Å². The smallest absolute Gasteiger partial charge is 0.410 e. The van der Waals surface area contributed by atoms with E-state index in [1.807, 2.05) is 4.90 Å². The van der Waals surface area contributed by atoms with Crippen LogP contribution in [-0.2, 0) is 38.1 Å². The number of amides is 3. The quantitative estimate of drug-likeness (QED) is 0.109. The van der Waals surface area contributed by atoms with Crippen LogP contribution in [0.1, 0.15) is 100 Å². The zero-order valence-electron chi connectivity index (χ0n) is 34.3. The fourth-order valence-corrected chi connectivity index (χ4v) is 6.88. The van der Waals surface area contributed by atoms with Crippen molar-refractivity contribution in [2.45, 2.75) is 96.4 Å². The van der Waals surface area contributed by atoms with Gasteiger partial charge in [0.2, 0.25) is 11.8 Å². The second kappa shape index (κ2) is 22.4. The Morgan fingerprint density at radius 1 is 0.877 bits per heavy atom. The monoisotopic (exact) mass is 796 g/mol. The zero-order chi connectivity index (χ0) is 41.4. The van der Waals surface area contributed by atoms with Gasteiger partial charge in [0.05, 0.1) is 46.2 Å². The Morgan fingerprint density at radius 2 is 1.56 bits per heavy atom. The topological polar surface area (TPSA) is 172 Å². The molecule has 3 amide bonds. The van der Waals surface area contributed by atoms with Gasteiger partial charge in [-0.15, -0.1) is 0 Å². The van der Waals surface area contributed by atoms with E-state index in [2.05, 4.69) is 15.0 Å². The van der Waals surface area contributed by atoms with Crippen molar-refractivity contribution in [2.75, 3.05) is 67.0 Å². The van der Waals surface area contributed by atoms with Gasteiger partial charge >= 0.3 is 12.1 Å². The van der Waals surface area contributed by atoms with Crippen molar-refractivity contribution in [1.82, 2.24) is 20.1 Å². The molecule has 1 aliphatic carbocycles. The van der Waals surface area contributed by atoms with Gasteiger partial charge in [-0.1, -0.05) is 31.4 Å². The Kier molecular flexibility index (Phi) is 17.7. The van der Waals surface area contributed by atoms with Crippen LogP contribution in [0.2, 0.25) is 0 Å². The summed E-state index contributed by atoms with van der Waals surface area (Å²) in [6.07, 6.45) is 8.74. The van der Waals surface area contributed by atoms with Crippen LogP contribution in [-0.4, -0.2) is 129 Å². The number of carbonyl (C=O) groups excluding carboxylic acids is 5. The lowest BCUT2D eigenvalue weighted by Crippen LogP contribution is -2.56. The molecule has 15 heteroatoms. The normalized spacial score (nSPS) is 17.0. The summed E-state index contributed by atoms with van der Waals surface area (Å²) in [5.41, 5.74) is 0.851. The van der Waals surface area contributed by atoms with Crippen LogP contribution in [0, 0.1) is 5.92 Å². The van der Waals surface area contributed by atoms with Crippen molar-refractivity contribution in [1.29, 1.82) is 0 Å². The van der Waals surface area contributed by atoms with Gasteiger partial charge in [0.15, 0.2) is 5.78 Å². The summed E-state index contributed by atoms with van der Waals surface area (Å²) in [4.78, 5) is 73.0. The van der Waals surface area contributed by atoms with E-state index in [-0.39, 0.29) is 43.5 Å². The molecule has 314 valence electrons. The number of hydrogen-bond acceptors (Lipinski definition) is 12. The van der Waals surface area contributed by atoms with Gasteiger partial charge in [0.1, 0.15) is 36.6 Å². The summed E-state index contributed by atoms with van der Waals surface area (Å²) in [6.45, 7) is 9.21. The van der Waals surface area contributed by atoms with Crippen LogP contribution in [0.3, 0.4) is 0 Å². The molecule has 0 bridgehead atoms. The molecule has 0 spiro atoms. The van der Waals surface area contributed by atoms with E-state index in [0.717, 1.165) is 44.1 Å². The highest BCUT2D eigenvalue weighted by atomic mass is 16.6. The number of aromatic nitrogens is 1. The number of carbonyl (C=O) groups is 5. The number of esters is 1. The molecule has 4 rings (SSSR count). The predicted molar refractivity (Wildman–Crippen MR) is 210 cm³/mol. The van der Waals surface area contributed by atoms with Gasteiger partial charge in [-0.25, -0.2) is 9.59 Å². The van der Waals surface area contributed by atoms with Gasteiger partial charge in [-0.3, -0.25) is 24.3 Å². The Bertz CT molecular complexity index is 1640. The second-order valence-electron chi connectivity index (χ2n) is 15.4. The number of nitrogens with one attached hydrogen (secondary N) is 1. The Balaban J connectivity index is 1.35. The van der Waals surface area contributed by atoms with E-state index in [1.165, 1.54) is 25.3 Å². The van der Waals surface area contributed by atoms with E-state index in [1.54, 1.807) is 64.2 Å². The highest BCUT2D eigenvalue weighted by Gasteiger charge is 2.40. The van der Waals surface area contributed by atoms with Crippen LogP contribution < -0.4 is 10.1 Å². The van der Waals surface area contributed by atoms with Crippen molar-refractivity contribution in [3.05, 3.63) is 59.4 Å². The largest absolute Gasteiger partial charge is 0.491 e. The lowest BCUT2D eigenvalue weighted by molar-refractivity contribution is -0.146. The summed E-state index contributed by atoms with van der Waals surface area (Å²) in [5, 5.41) is 3.04. The molecule has 1 aliphatic heterocycles. The molecule has 57 heavy (non-hydrogen) atoms. The summed E-state index contributed by atoms with van der Waals surface area (Å²) >= 11 is 0. The average molecular weight is 797 g/mol. The van der Waals surface area contributed by atoms with E-state index in [0.29, 0.717) is 56.3 Å². The molecule has 2 aromatic rings. The standard InChI is InChI=1S/C42H60N4O11/c1-29(45(5)41(51)57-42(2,3)4)39(49)44-37(30-12-8-7-9-13-30)40(50)46-17-11-16-35(46)32-24-33(27-43-26-32)38(48)31-14-10-15-34(25-31)56-23-22-54-19-18-53-20-21-55-28-36(47)52-6/h10,14-15,24-27,29-30,35,37H,7-9,11-13,16-23,28H2,1-6H3,(H,44,49)/t29-,35-,37-/m0/s1. The number of likely N-dealkylation sites (tertiary alicyclic amines) is 1. The fraction of sp³-hybridized carbons (Fsp3) is 0.619. The fourth-order valence-electron chi connectivity index (χ4n) is 6.88. The average Bonchev–Trinajstić information content (AvgIpc) is 3.71. The molecule has 2 fully saturated rings. The third kappa shape index (κ3) is 14.1. The number of benzene rings is 1. The van der Waals surface area contributed by atoms with Crippen molar-refractivity contribution >= 4 is 29.7 Å². The first-order valence-electron chi connectivity index (χ1n) is 19.9. The molecule has 15 nitrogen and oxygen atoms in total. The summed E-state index contributed by atoms with van der Waals surface area (Å²) in [6, 6.07) is 6.78. The molecule has 2 aliphatic rings. The van der Waals surface area contributed by atoms with E-state index in [4.69, 9.17) is 23.7 Å². The minimum atomic E-state index is -0.860. The molecular formula is C42H60N4O11. The summed E-state index contributed by atoms with van der Waals surface area (Å²) in [5.74, 6) is -0.770.